The maximum atomic E-state index is 4.17. The monoisotopic (exact) mass is 233 g/mol. The summed E-state index contributed by atoms with van der Waals surface area (Å²) in [6, 6.07) is 2.72. The van der Waals surface area contributed by atoms with Gasteiger partial charge in [-0.2, -0.15) is 0 Å². The number of aromatic nitrogens is 1. The topological polar surface area (TPSA) is 28.2 Å². The van der Waals surface area contributed by atoms with Gasteiger partial charge >= 0.3 is 0 Å². The van der Waals surface area contributed by atoms with E-state index < -0.39 is 0 Å². The molecule has 1 atom stereocenters. The molecule has 0 bridgehead atoms. The molecule has 3 heteroatoms. The molecule has 1 aliphatic rings. The third kappa shape index (κ3) is 3.51. The van der Waals surface area contributed by atoms with Crippen LogP contribution in [0.3, 0.4) is 0 Å². The van der Waals surface area contributed by atoms with Crippen LogP contribution in [0.25, 0.3) is 0 Å². The first kappa shape index (κ1) is 12.5. The van der Waals surface area contributed by atoms with Crippen LogP contribution < -0.4 is 5.32 Å². The van der Waals surface area contributed by atoms with E-state index in [2.05, 4.69) is 35.1 Å². The molecular weight excluding hydrogens is 210 g/mol. The maximum absolute atomic E-state index is 4.17. The Bertz CT molecular complexity index is 345. The van der Waals surface area contributed by atoms with Crippen molar-refractivity contribution in [1.29, 1.82) is 0 Å². The van der Waals surface area contributed by atoms with Crippen LogP contribution in [0.15, 0.2) is 18.5 Å². The normalized spacial score (nSPS) is 18.5. The van der Waals surface area contributed by atoms with Crippen molar-refractivity contribution in [3.8, 4) is 0 Å². The van der Waals surface area contributed by atoms with Crippen LogP contribution in [0.2, 0.25) is 0 Å². The number of nitrogens with zero attached hydrogens (tertiary/aromatic N) is 2. The SMILES string of the molecule is Cc1ccncc1CNCC(C)N1CCCC1. The fourth-order valence-electron chi connectivity index (χ4n) is 2.41. The first-order valence-electron chi connectivity index (χ1n) is 6.61. The molecule has 17 heavy (non-hydrogen) atoms. The molecule has 0 saturated carbocycles. The van der Waals surface area contributed by atoms with Gasteiger partial charge in [-0.25, -0.2) is 0 Å². The molecule has 1 aliphatic heterocycles. The molecule has 1 aromatic heterocycles. The van der Waals surface area contributed by atoms with Crippen molar-refractivity contribution < 1.29 is 0 Å². The van der Waals surface area contributed by atoms with Crippen LogP contribution in [0.5, 0.6) is 0 Å². The Morgan fingerprint density at radius 1 is 1.41 bits per heavy atom. The number of rotatable bonds is 5. The van der Waals surface area contributed by atoms with Gasteiger partial charge in [0.1, 0.15) is 0 Å². The lowest BCUT2D eigenvalue weighted by Gasteiger charge is -2.24. The Hall–Kier alpha value is -0.930. The maximum Gasteiger partial charge on any atom is 0.0315 e. The Balaban J connectivity index is 1.74. The van der Waals surface area contributed by atoms with Crippen LogP contribution in [0, 0.1) is 6.92 Å². The van der Waals surface area contributed by atoms with Gasteiger partial charge in [0.05, 0.1) is 0 Å². The van der Waals surface area contributed by atoms with Crippen molar-refractivity contribution in [3.05, 3.63) is 29.6 Å². The fourth-order valence-corrected chi connectivity index (χ4v) is 2.41. The fraction of sp³-hybridized carbons (Fsp3) is 0.643. The Labute approximate surface area is 104 Å². The molecule has 1 aromatic rings. The molecule has 0 amide bonds. The van der Waals surface area contributed by atoms with Crippen LogP contribution in [-0.2, 0) is 6.54 Å². The predicted molar refractivity (Wildman–Crippen MR) is 70.9 cm³/mol. The molecule has 1 saturated heterocycles. The van der Waals surface area contributed by atoms with Gasteiger partial charge in [-0.1, -0.05) is 0 Å². The zero-order chi connectivity index (χ0) is 12.1. The lowest BCUT2D eigenvalue weighted by molar-refractivity contribution is 0.251. The van der Waals surface area contributed by atoms with Crippen LogP contribution in [-0.4, -0.2) is 35.6 Å². The largest absolute Gasteiger partial charge is 0.311 e. The van der Waals surface area contributed by atoms with Gasteiger partial charge in [0.15, 0.2) is 0 Å². The quantitative estimate of drug-likeness (QED) is 0.842. The first-order valence-corrected chi connectivity index (χ1v) is 6.61. The Morgan fingerprint density at radius 2 is 2.18 bits per heavy atom. The molecule has 0 aliphatic carbocycles. The van der Waals surface area contributed by atoms with Gasteiger partial charge in [-0.15, -0.1) is 0 Å². The summed E-state index contributed by atoms with van der Waals surface area (Å²) in [5, 5.41) is 3.54. The summed E-state index contributed by atoms with van der Waals surface area (Å²) < 4.78 is 0. The molecule has 1 fully saturated rings. The second-order valence-electron chi connectivity index (χ2n) is 5.03. The average molecular weight is 233 g/mol. The van der Waals surface area contributed by atoms with Crippen molar-refractivity contribution >= 4 is 0 Å². The summed E-state index contributed by atoms with van der Waals surface area (Å²) in [5.74, 6) is 0. The van der Waals surface area contributed by atoms with E-state index in [9.17, 15) is 0 Å². The Kier molecular flexibility index (Phi) is 4.51. The molecule has 1 unspecified atom stereocenters. The lowest BCUT2D eigenvalue weighted by Crippen LogP contribution is -2.38. The number of aryl methyl sites for hydroxylation is 1. The van der Waals surface area contributed by atoms with Crippen molar-refractivity contribution in [2.75, 3.05) is 19.6 Å². The van der Waals surface area contributed by atoms with E-state index in [0.717, 1.165) is 13.1 Å². The standard InChI is InChI=1S/C14H23N3/c1-12-5-6-15-10-14(12)11-16-9-13(2)17-7-3-4-8-17/h5-6,10,13,16H,3-4,7-9,11H2,1-2H3. The van der Waals surface area contributed by atoms with E-state index in [0.29, 0.717) is 6.04 Å². The molecule has 1 N–H and O–H groups in total. The number of hydrogen-bond donors (Lipinski definition) is 1. The van der Waals surface area contributed by atoms with Gasteiger partial charge in [0.25, 0.3) is 0 Å². The number of likely N-dealkylation sites (tertiary alicyclic amines) is 1. The lowest BCUT2D eigenvalue weighted by atomic mass is 10.1. The third-order valence-electron chi connectivity index (χ3n) is 3.67. The predicted octanol–water partition coefficient (Wildman–Crippen LogP) is 1.96. The van der Waals surface area contributed by atoms with Crippen LogP contribution >= 0.6 is 0 Å². The Morgan fingerprint density at radius 3 is 2.88 bits per heavy atom. The molecule has 3 nitrogen and oxygen atoms in total. The van der Waals surface area contributed by atoms with Crippen molar-refractivity contribution in [3.63, 3.8) is 0 Å². The van der Waals surface area contributed by atoms with Crippen LogP contribution in [0.1, 0.15) is 30.9 Å². The van der Waals surface area contributed by atoms with Gasteiger partial charge in [0.2, 0.25) is 0 Å². The average Bonchev–Trinajstić information content (AvgIpc) is 2.85. The van der Waals surface area contributed by atoms with Gasteiger partial charge in [-0.05, 0) is 57.0 Å². The third-order valence-corrected chi connectivity index (χ3v) is 3.67. The van der Waals surface area contributed by atoms with E-state index in [4.69, 9.17) is 0 Å². The van der Waals surface area contributed by atoms with Gasteiger partial charge in [-0.3, -0.25) is 9.88 Å². The van der Waals surface area contributed by atoms with E-state index >= 15 is 0 Å². The smallest absolute Gasteiger partial charge is 0.0315 e. The zero-order valence-electron chi connectivity index (χ0n) is 10.9. The second-order valence-corrected chi connectivity index (χ2v) is 5.03. The van der Waals surface area contributed by atoms with Gasteiger partial charge < -0.3 is 5.32 Å². The summed E-state index contributed by atoms with van der Waals surface area (Å²) >= 11 is 0. The number of nitrogens with one attached hydrogen (secondary N) is 1. The molecular formula is C14H23N3. The number of hydrogen-bond acceptors (Lipinski definition) is 3. The second kappa shape index (κ2) is 6.12. The molecule has 0 aromatic carbocycles. The minimum absolute atomic E-state index is 0.648. The van der Waals surface area contributed by atoms with Crippen molar-refractivity contribution in [2.45, 2.75) is 39.3 Å². The van der Waals surface area contributed by atoms with Crippen LogP contribution in [0.4, 0.5) is 0 Å². The molecule has 0 radical (unpaired) electrons. The summed E-state index contributed by atoms with van der Waals surface area (Å²) in [7, 11) is 0. The van der Waals surface area contributed by atoms with Crippen molar-refractivity contribution in [2.24, 2.45) is 0 Å². The summed E-state index contributed by atoms with van der Waals surface area (Å²) in [4.78, 5) is 6.74. The summed E-state index contributed by atoms with van der Waals surface area (Å²) in [5.41, 5.74) is 2.63. The highest BCUT2D eigenvalue weighted by Gasteiger charge is 2.17. The zero-order valence-corrected chi connectivity index (χ0v) is 10.9. The summed E-state index contributed by atoms with van der Waals surface area (Å²) in [6.45, 7) is 8.99. The minimum Gasteiger partial charge on any atom is -0.311 e. The highest BCUT2D eigenvalue weighted by atomic mass is 15.2. The van der Waals surface area contributed by atoms with Gasteiger partial charge in [0, 0.05) is 31.5 Å². The molecule has 2 heterocycles. The van der Waals surface area contributed by atoms with E-state index in [-0.39, 0.29) is 0 Å². The molecule has 0 spiro atoms. The number of pyridine rings is 1. The van der Waals surface area contributed by atoms with Crippen molar-refractivity contribution in [1.82, 2.24) is 15.2 Å². The summed E-state index contributed by atoms with van der Waals surface area (Å²) in [6.07, 6.45) is 6.55. The van der Waals surface area contributed by atoms with E-state index in [1.165, 1.54) is 37.1 Å². The highest BCUT2D eigenvalue weighted by molar-refractivity contribution is 5.20. The highest BCUT2D eigenvalue weighted by Crippen LogP contribution is 2.11. The van der Waals surface area contributed by atoms with E-state index in [1.807, 2.05) is 12.4 Å². The molecule has 2 rings (SSSR count). The minimum atomic E-state index is 0.648. The van der Waals surface area contributed by atoms with E-state index in [1.54, 1.807) is 0 Å². The first-order chi connectivity index (χ1) is 8.27. The molecule has 94 valence electrons.